The van der Waals surface area contributed by atoms with Gasteiger partial charge in [-0.2, -0.15) is 5.10 Å². The minimum atomic E-state index is -0.0482. The van der Waals surface area contributed by atoms with Crippen molar-refractivity contribution in [1.29, 1.82) is 0 Å². The van der Waals surface area contributed by atoms with Crippen molar-refractivity contribution in [1.82, 2.24) is 14.7 Å². The quantitative estimate of drug-likeness (QED) is 0.823. The molecule has 7 nitrogen and oxygen atoms in total. The maximum absolute atomic E-state index is 12.0. The van der Waals surface area contributed by atoms with Crippen LogP contribution in [0.3, 0.4) is 0 Å². The van der Waals surface area contributed by atoms with Crippen molar-refractivity contribution in [3.8, 4) is 0 Å². The molecule has 1 aliphatic rings. The first-order chi connectivity index (χ1) is 9.95. The van der Waals surface area contributed by atoms with Gasteiger partial charge in [0.25, 0.3) is 0 Å². The first kappa shape index (κ1) is 15.5. The minimum Gasteiger partial charge on any atom is -0.347 e. The normalized spacial score (nSPS) is 21.3. The van der Waals surface area contributed by atoms with Crippen LogP contribution in [-0.4, -0.2) is 46.6 Å². The lowest BCUT2D eigenvalue weighted by Crippen LogP contribution is -2.28. The number of likely N-dealkylation sites (N-methyl/N-ethyl adjacent to an activating group) is 1. The van der Waals surface area contributed by atoms with Crippen LogP contribution in [0.4, 0.5) is 5.69 Å². The van der Waals surface area contributed by atoms with Gasteiger partial charge in [0.05, 0.1) is 11.9 Å². The van der Waals surface area contributed by atoms with E-state index in [9.17, 15) is 9.59 Å². The Morgan fingerprint density at radius 2 is 2.24 bits per heavy atom. The molecule has 0 aliphatic heterocycles. The minimum absolute atomic E-state index is 0.0455. The molecule has 2 rings (SSSR count). The van der Waals surface area contributed by atoms with E-state index in [0.717, 1.165) is 19.3 Å². The first-order valence-corrected chi connectivity index (χ1v) is 7.23. The monoisotopic (exact) mass is 293 g/mol. The fourth-order valence-corrected chi connectivity index (χ4v) is 2.56. The van der Waals surface area contributed by atoms with E-state index in [1.807, 2.05) is 0 Å². The summed E-state index contributed by atoms with van der Waals surface area (Å²) in [7, 11) is 3.39. The summed E-state index contributed by atoms with van der Waals surface area (Å²) in [6.07, 6.45) is 6.78. The Balaban J connectivity index is 1.84. The molecule has 1 aromatic rings. The van der Waals surface area contributed by atoms with Gasteiger partial charge in [0, 0.05) is 32.8 Å². The van der Waals surface area contributed by atoms with Crippen LogP contribution in [-0.2, 0) is 16.1 Å². The molecule has 7 heteroatoms. The SMILES string of the molecule is CN(C)C(=O)Cn1cc(NC(=O)C[C@@H]2CCC[C@H]2N)cn1. The Morgan fingerprint density at radius 3 is 2.86 bits per heavy atom. The van der Waals surface area contributed by atoms with Gasteiger partial charge in [-0.1, -0.05) is 6.42 Å². The summed E-state index contributed by atoms with van der Waals surface area (Å²) in [5.74, 6) is 0.180. The number of hydrogen-bond donors (Lipinski definition) is 2. The zero-order valence-electron chi connectivity index (χ0n) is 12.6. The predicted molar refractivity (Wildman–Crippen MR) is 79.5 cm³/mol. The van der Waals surface area contributed by atoms with Gasteiger partial charge in [0.2, 0.25) is 11.8 Å². The Labute approximate surface area is 124 Å². The Bertz CT molecular complexity index is 511. The largest absolute Gasteiger partial charge is 0.347 e. The molecule has 2 atom stereocenters. The molecule has 0 aromatic carbocycles. The van der Waals surface area contributed by atoms with Crippen molar-refractivity contribution >= 4 is 17.5 Å². The lowest BCUT2D eigenvalue weighted by atomic mass is 10.00. The number of carbonyl (C=O) groups is 2. The molecule has 2 amide bonds. The van der Waals surface area contributed by atoms with Crippen LogP contribution < -0.4 is 11.1 Å². The fourth-order valence-electron chi connectivity index (χ4n) is 2.56. The van der Waals surface area contributed by atoms with E-state index in [2.05, 4.69) is 10.4 Å². The molecule has 1 aliphatic carbocycles. The fraction of sp³-hybridized carbons (Fsp3) is 0.643. The molecule has 1 saturated carbocycles. The van der Waals surface area contributed by atoms with Gasteiger partial charge in [-0.3, -0.25) is 14.3 Å². The van der Waals surface area contributed by atoms with Crippen LogP contribution in [0.15, 0.2) is 12.4 Å². The molecule has 1 fully saturated rings. The molecular weight excluding hydrogens is 270 g/mol. The number of amides is 2. The highest BCUT2D eigenvalue weighted by atomic mass is 16.2. The van der Waals surface area contributed by atoms with Crippen LogP contribution in [0, 0.1) is 5.92 Å². The highest BCUT2D eigenvalue weighted by molar-refractivity contribution is 5.90. The molecule has 0 saturated heterocycles. The zero-order valence-corrected chi connectivity index (χ0v) is 12.6. The second-order valence-corrected chi connectivity index (χ2v) is 5.82. The first-order valence-electron chi connectivity index (χ1n) is 7.23. The standard InChI is InChI=1S/C14H23N5O2/c1-18(2)14(21)9-19-8-11(7-16-19)17-13(20)6-10-4-3-5-12(10)15/h7-8,10,12H,3-6,9,15H2,1-2H3,(H,17,20)/t10-,12+/m0/s1. The third kappa shape index (κ3) is 4.29. The number of rotatable bonds is 5. The number of nitrogens with one attached hydrogen (secondary N) is 1. The zero-order chi connectivity index (χ0) is 15.4. The van der Waals surface area contributed by atoms with Gasteiger partial charge in [-0.25, -0.2) is 0 Å². The second kappa shape index (κ2) is 6.71. The molecule has 1 aromatic heterocycles. The average Bonchev–Trinajstić information content (AvgIpc) is 3.00. The van der Waals surface area contributed by atoms with Gasteiger partial charge in [-0.15, -0.1) is 0 Å². The lowest BCUT2D eigenvalue weighted by Gasteiger charge is -2.14. The van der Waals surface area contributed by atoms with E-state index >= 15 is 0 Å². The number of nitrogens with zero attached hydrogens (tertiary/aromatic N) is 3. The summed E-state index contributed by atoms with van der Waals surface area (Å²) < 4.78 is 1.51. The second-order valence-electron chi connectivity index (χ2n) is 5.82. The average molecular weight is 293 g/mol. The van der Waals surface area contributed by atoms with E-state index in [0.29, 0.717) is 12.1 Å². The predicted octanol–water partition coefficient (Wildman–Crippen LogP) is 0.427. The summed E-state index contributed by atoms with van der Waals surface area (Å²) in [5.41, 5.74) is 6.58. The van der Waals surface area contributed by atoms with E-state index in [1.165, 1.54) is 9.58 Å². The van der Waals surface area contributed by atoms with E-state index in [1.54, 1.807) is 26.5 Å². The number of nitrogens with two attached hydrogens (primary N) is 1. The lowest BCUT2D eigenvalue weighted by molar-refractivity contribution is -0.129. The van der Waals surface area contributed by atoms with Gasteiger partial charge < -0.3 is 16.0 Å². The van der Waals surface area contributed by atoms with Crippen molar-refractivity contribution in [3.05, 3.63) is 12.4 Å². The van der Waals surface area contributed by atoms with Crippen LogP contribution in [0.25, 0.3) is 0 Å². The highest BCUT2D eigenvalue weighted by Crippen LogP contribution is 2.27. The molecule has 3 N–H and O–H groups in total. The van der Waals surface area contributed by atoms with Crippen molar-refractivity contribution in [2.45, 2.75) is 38.3 Å². The third-order valence-electron chi connectivity index (χ3n) is 3.88. The molecule has 0 unspecified atom stereocenters. The van der Waals surface area contributed by atoms with Gasteiger partial charge >= 0.3 is 0 Å². The van der Waals surface area contributed by atoms with Gasteiger partial charge in [0.1, 0.15) is 6.54 Å². The molecule has 21 heavy (non-hydrogen) atoms. The summed E-state index contributed by atoms with van der Waals surface area (Å²) in [4.78, 5) is 25.0. The van der Waals surface area contributed by atoms with Crippen LogP contribution >= 0.6 is 0 Å². The number of aromatic nitrogens is 2. The summed E-state index contributed by atoms with van der Waals surface area (Å²) in [6.45, 7) is 0.163. The Kier molecular flexibility index (Phi) is 4.95. The molecule has 116 valence electrons. The molecule has 0 spiro atoms. The third-order valence-corrected chi connectivity index (χ3v) is 3.88. The van der Waals surface area contributed by atoms with E-state index in [4.69, 9.17) is 5.73 Å². The number of hydrogen-bond acceptors (Lipinski definition) is 4. The summed E-state index contributed by atoms with van der Waals surface area (Å²) >= 11 is 0. The Morgan fingerprint density at radius 1 is 1.48 bits per heavy atom. The van der Waals surface area contributed by atoms with Crippen LogP contribution in [0.1, 0.15) is 25.7 Å². The Hall–Kier alpha value is -1.89. The highest BCUT2D eigenvalue weighted by Gasteiger charge is 2.26. The summed E-state index contributed by atoms with van der Waals surface area (Å²) in [6, 6.07) is 0.135. The maximum atomic E-state index is 12.0. The van der Waals surface area contributed by atoms with Gasteiger partial charge in [0.15, 0.2) is 0 Å². The van der Waals surface area contributed by atoms with E-state index < -0.39 is 0 Å². The summed E-state index contributed by atoms with van der Waals surface area (Å²) in [5, 5.41) is 6.88. The molecule has 0 bridgehead atoms. The topological polar surface area (TPSA) is 93.2 Å². The smallest absolute Gasteiger partial charge is 0.243 e. The van der Waals surface area contributed by atoms with Gasteiger partial charge in [-0.05, 0) is 18.8 Å². The van der Waals surface area contributed by atoms with Crippen molar-refractivity contribution in [2.24, 2.45) is 11.7 Å². The number of carbonyl (C=O) groups excluding carboxylic acids is 2. The number of anilines is 1. The molecular formula is C14H23N5O2. The molecule has 0 radical (unpaired) electrons. The maximum Gasteiger partial charge on any atom is 0.243 e. The van der Waals surface area contributed by atoms with Crippen molar-refractivity contribution < 1.29 is 9.59 Å². The van der Waals surface area contributed by atoms with Crippen molar-refractivity contribution in [2.75, 3.05) is 19.4 Å². The van der Waals surface area contributed by atoms with Crippen LogP contribution in [0.5, 0.6) is 0 Å². The van der Waals surface area contributed by atoms with E-state index in [-0.39, 0.29) is 30.3 Å². The van der Waals surface area contributed by atoms with Crippen molar-refractivity contribution in [3.63, 3.8) is 0 Å². The van der Waals surface area contributed by atoms with Crippen LogP contribution in [0.2, 0.25) is 0 Å². The molecule has 1 heterocycles.